The Morgan fingerprint density at radius 1 is 1.16 bits per heavy atom. The topological polar surface area (TPSA) is 170 Å². The van der Waals surface area contributed by atoms with Gasteiger partial charge in [0, 0.05) is 23.3 Å². The van der Waals surface area contributed by atoms with Gasteiger partial charge in [-0.2, -0.15) is 0 Å². The first kappa shape index (κ1) is 35.4. The number of carbonyl (C=O) groups is 3. The van der Waals surface area contributed by atoms with Crippen LogP contribution in [0, 0.1) is 12.8 Å². The van der Waals surface area contributed by atoms with Crippen LogP contribution < -0.4 is 25.2 Å². The van der Waals surface area contributed by atoms with E-state index in [1.807, 2.05) is 37.3 Å². The number of nitrogens with zero attached hydrogens (tertiary/aromatic N) is 2. The normalized spacial score (nSPS) is 30.8. The van der Waals surface area contributed by atoms with Crippen molar-refractivity contribution in [3.05, 3.63) is 41.6 Å². The molecular formula is C35H46ClN5O7S. The van der Waals surface area contributed by atoms with Gasteiger partial charge in [0.2, 0.25) is 21.8 Å². The number of hydrogen-bond donors (Lipinski definition) is 3. The summed E-state index contributed by atoms with van der Waals surface area (Å²) < 4.78 is 39.7. The van der Waals surface area contributed by atoms with Crippen LogP contribution in [0.15, 0.2) is 30.4 Å². The van der Waals surface area contributed by atoms with Crippen molar-refractivity contribution < 1.29 is 32.3 Å². The number of ether oxygens (including phenoxy) is 2. The molecule has 0 radical (unpaired) electrons. The molecule has 5 aliphatic rings. The van der Waals surface area contributed by atoms with E-state index >= 15 is 0 Å². The summed E-state index contributed by atoms with van der Waals surface area (Å²) in [6, 6.07) is 3.99. The average molecular weight is 716 g/mol. The Kier molecular flexibility index (Phi) is 9.19. The molecule has 1 spiro atoms. The molecule has 4 heterocycles. The Bertz CT molecular complexity index is 1830. The molecule has 49 heavy (non-hydrogen) atoms. The number of halogens is 1. The minimum absolute atomic E-state index is 0. The summed E-state index contributed by atoms with van der Waals surface area (Å²) >= 11 is 0. The number of carbonyl (C=O) groups excluding carboxylic acids is 3. The molecule has 4 N–H and O–H groups in total. The third kappa shape index (κ3) is 6.27. The van der Waals surface area contributed by atoms with Crippen molar-refractivity contribution in [1.29, 1.82) is 0 Å². The van der Waals surface area contributed by atoms with E-state index in [0.29, 0.717) is 49.3 Å². The monoisotopic (exact) mass is 715 g/mol. The van der Waals surface area contributed by atoms with E-state index in [0.717, 1.165) is 42.1 Å². The van der Waals surface area contributed by atoms with Crippen molar-refractivity contribution in [3.63, 3.8) is 0 Å². The molecule has 2 aliphatic carbocycles. The first-order valence-electron chi connectivity index (χ1n) is 17.1. The fourth-order valence-electron chi connectivity index (χ4n) is 7.69. The maximum Gasteiger partial charge on any atom is 0.259 e. The van der Waals surface area contributed by atoms with Crippen LogP contribution in [0.3, 0.4) is 0 Å². The van der Waals surface area contributed by atoms with Gasteiger partial charge in [0.05, 0.1) is 35.7 Å². The lowest BCUT2D eigenvalue weighted by Gasteiger charge is -2.36. The zero-order chi connectivity index (χ0) is 34.1. The minimum atomic E-state index is -3.93. The van der Waals surface area contributed by atoms with E-state index in [4.69, 9.17) is 20.2 Å². The third-order valence-electron chi connectivity index (χ3n) is 11.2. The Labute approximate surface area is 293 Å². The van der Waals surface area contributed by atoms with Crippen LogP contribution in [0.5, 0.6) is 11.5 Å². The summed E-state index contributed by atoms with van der Waals surface area (Å²) in [5.74, 6) is -0.601. The summed E-state index contributed by atoms with van der Waals surface area (Å²) in [7, 11) is -2.31. The summed E-state index contributed by atoms with van der Waals surface area (Å²) in [6.45, 7) is 3.66. The number of nitrogens with two attached hydrogens (primary N) is 1. The highest BCUT2D eigenvalue weighted by molar-refractivity contribution is 7.91. The lowest BCUT2D eigenvalue weighted by atomic mass is 9.87. The number of nitrogens with one attached hydrogen (secondary N) is 2. The molecule has 3 amide bonds. The van der Waals surface area contributed by atoms with Crippen molar-refractivity contribution in [2.24, 2.45) is 11.7 Å². The molecule has 266 valence electrons. The quantitative estimate of drug-likeness (QED) is 0.402. The van der Waals surface area contributed by atoms with Gasteiger partial charge in [0.1, 0.15) is 28.7 Å². The fraction of sp³-hybridized carbons (Fsp3) is 0.600. The molecule has 2 aromatic rings. The summed E-state index contributed by atoms with van der Waals surface area (Å²) in [4.78, 5) is 48.3. The SMILES string of the molecule is COc1ccc2nc(C)c3c(c2c1)CC[C@]1(C[C@H]2C(=O)N[C@]4(C(=O)NS(=O)(=O)C5(C)CC5)C[C@H]4C=CCCCCC[C@H](N)C(=O)N2C1)O3.Cl. The van der Waals surface area contributed by atoms with Gasteiger partial charge >= 0.3 is 0 Å². The van der Waals surface area contributed by atoms with Gasteiger partial charge < -0.3 is 25.4 Å². The van der Waals surface area contributed by atoms with E-state index in [2.05, 4.69) is 10.0 Å². The third-order valence-corrected chi connectivity index (χ3v) is 13.4. The lowest BCUT2D eigenvalue weighted by molar-refractivity contribution is -0.140. The predicted octanol–water partition coefficient (Wildman–Crippen LogP) is 3.36. The number of aromatic nitrogens is 1. The number of rotatable bonds is 4. The van der Waals surface area contributed by atoms with Crippen molar-refractivity contribution in [1.82, 2.24) is 19.9 Å². The van der Waals surface area contributed by atoms with E-state index in [1.54, 1.807) is 14.0 Å². The zero-order valence-corrected chi connectivity index (χ0v) is 29.9. The van der Waals surface area contributed by atoms with Crippen LogP contribution >= 0.6 is 12.4 Å². The van der Waals surface area contributed by atoms with Crippen LogP contribution in [-0.2, 0) is 30.8 Å². The molecule has 12 nitrogen and oxygen atoms in total. The molecule has 5 atom stereocenters. The van der Waals surface area contributed by atoms with Crippen LogP contribution in [0.2, 0.25) is 0 Å². The van der Waals surface area contributed by atoms with Crippen LogP contribution in [-0.4, -0.2) is 77.6 Å². The molecule has 1 aromatic carbocycles. The smallest absolute Gasteiger partial charge is 0.259 e. The first-order chi connectivity index (χ1) is 22.8. The summed E-state index contributed by atoms with van der Waals surface area (Å²) in [5, 5.41) is 3.88. The second-order valence-electron chi connectivity index (χ2n) is 14.7. The summed E-state index contributed by atoms with van der Waals surface area (Å²) in [5.41, 5.74) is 6.71. The highest BCUT2D eigenvalue weighted by Gasteiger charge is 2.63. The molecule has 2 saturated carbocycles. The van der Waals surface area contributed by atoms with Gasteiger partial charge in [0.15, 0.2) is 0 Å². The maximum atomic E-state index is 14.3. The highest BCUT2D eigenvalue weighted by Crippen LogP contribution is 2.49. The largest absolute Gasteiger partial charge is 0.497 e. The lowest BCUT2D eigenvalue weighted by Crippen LogP contribution is -2.58. The van der Waals surface area contributed by atoms with Crippen molar-refractivity contribution >= 4 is 51.1 Å². The molecule has 3 fully saturated rings. The van der Waals surface area contributed by atoms with E-state index in [1.165, 1.54) is 4.90 Å². The van der Waals surface area contributed by atoms with Crippen LogP contribution in [0.4, 0.5) is 0 Å². The molecule has 14 heteroatoms. The standard InChI is InChI=1S/C35H45N5O7S.ClH/c1-21-29-24(25-17-23(46-3)11-12-27(25)37-21)13-14-34(47-29)19-28-30(41)38-35(32(43)39-48(44,45)33(2)15-16-33)18-22(35)9-7-5-4-6-8-10-26(36)31(42)40(28)20-34;/h7,9,11-12,17,22,26,28H,4-6,8,10,13-16,18-20,36H2,1-3H3,(H,38,41)(H,39,43);1H/t22-,26+,28+,34-,35-;/m1./s1. The van der Waals surface area contributed by atoms with Crippen molar-refractivity contribution in [2.45, 2.75) is 112 Å². The second-order valence-corrected chi connectivity index (χ2v) is 16.9. The van der Waals surface area contributed by atoms with Gasteiger partial charge in [-0.25, -0.2) is 13.4 Å². The Balaban J connectivity index is 0.00000417. The molecule has 0 bridgehead atoms. The van der Waals surface area contributed by atoms with Gasteiger partial charge in [-0.3, -0.25) is 19.1 Å². The Morgan fingerprint density at radius 2 is 1.94 bits per heavy atom. The number of benzene rings is 1. The van der Waals surface area contributed by atoms with Gasteiger partial charge in [-0.15, -0.1) is 12.4 Å². The van der Waals surface area contributed by atoms with Gasteiger partial charge in [-0.1, -0.05) is 25.0 Å². The number of allylic oxidation sites excluding steroid dienone is 1. The Hall–Kier alpha value is -3.42. The molecule has 7 rings (SSSR count). The number of amides is 3. The number of methoxy groups -OCH3 is 1. The first-order valence-corrected chi connectivity index (χ1v) is 18.6. The molecule has 0 unspecified atom stereocenters. The highest BCUT2D eigenvalue weighted by atomic mass is 35.5. The molecular weight excluding hydrogens is 670 g/mol. The van der Waals surface area contributed by atoms with Gasteiger partial charge in [0.25, 0.3) is 5.91 Å². The predicted molar refractivity (Wildman–Crippen MR) is 186 cm³/mol. The fourth-order valence-corrected chi connectivity index (χ4v) is 9.00. The number of sulfonamides is 1. The molecule has 1 aromatic heterocycles. The summed E-state index contributed by atoms with van der Waals surface area (Å²) in [6.07, 6.45) is 10.3. The van der Waals surface area contributed by atoms with Crippen LogP contribution in [0.1, 0.15) is 82.4 Å². The number of fused-ring (bicyclic) bond motifs is 5. The van der Waals surface area contributed by atoms with E-state index in [-0.39, 0.29) is 43.6 Å². The Morgan fingerprint density at radius 3 is 2.67 bits per heavy atom. The number of pyridine rings is 1. The average Bonchev–Trinajstić information content (AvgIpc) is 3.95. The molecule has 1 saturated heterocycles. The van der Waals surface area contributed by atoms with Crippen molar-refractivity contribution in [2.75, 3.05) is 13.7 Å². The minimum Gasteiger partial charge on any atom is -0.497 e. The number of aryl methyl sites for hydroxylation is 2. The van der Waals surface area contributed by atoms with E-state index in [9.17, 15) is 22.8 Å². The van der Waals surface area contributed by atoms with E-state index < -0.39 is 49.8 Å². The number of hydrogen-bond acceptors (Lipinski definition) is 9. The van der Waals surface area contributed by atoms with Crippen molar-refractivity contribution in [3.8, 4) is 11.5 Å². The van der Waals surface area contributed by atoms with Crippen LogP contribution in [0.25, 0.3) is 10.9 Å². The zero-order valence-electron chi connectivity index (χ0n) is 28.3. The molecule has 3 aliphatic heterocycles. The van der Waals surface area contributed by atoms with Gasteiger partial charge in [-0.05, 0) is 83.4 Å². The second kappa shape index (κ2) is 12.7. The maximum absolute atomic E-state index is 14.3.